The molecule has 0 bridgehead atoms. The Balaban J connectivity index is 1.41. The third-order valence-electron chi connectivity index (χ3n) is 7.29. The molecule has 0 aromatic heterocycles. The van der Waals surface area contributed by atoms with Crippen LogP contribution in [0.4, 0.5) is 0 Å². The van der Waals surface area contributed by atoms with Crippen LogP contribution in [0.15, 0.2) is 91.0 Å². The fourth-order valence-corrected chi connectivity index (χ4v) is 4.86. The lowest BCUT2D eigenvalue weighted by atomic mass is 9.99. The summed E-state index contributed by atoms with van der Waals surface area (Å²) >= 11 is 0. The zero-order valence-corrected chi connectivity index (χ0v) is 25.1. The van der Waals surface area contributed by atoms with Gasteiger partial charge in [-0.3, -0.25) is 35.6 Å². The van der Waals surface area contributed by atoms with Gasteiger partial charge in [0.2, 0.25) is 11.8 Å². The highest BCUT2D eigenvalue weighted by molar-refractivity contribution is 6.05. The van der Waals surface area contributed by atoms with Crippen molar-refractivity contribution in [3.05, 3.63) is 119 Å². The monoisotopic (exact) mass is 621 g/mol. The molecule has 0 atom stereocenters. The smallest absolute Gasteiger partial charge is 0.254 e. The second-order valence-corrected chi connectivity index (χ2v) is 10.6. The van der Waals surface area contributed by atoms with Gasteiger partial charge in [-0.2, -0.15) is 10.1 Å². The molecule has 5 rings (SSSR count). The van der Waals surface area contributed by atoms with Crippen molar-refractivity contribution in [1.29, 1.82) is 10.8 Å². The first-order valence-corrected chi connectivity index (χ1v) is 14.2. The number of nitrogens with zero attached hydrogens (tertiary/aromatic N) is 3. The Labute approximate surface area is 264 Å². The van der Waals surface area contributed by atoms with Gasteiger partial charge in [0.05, 0.1) is 0 Å². The molecule has 46 heavy (non-hydrogen) atoms. The third-order valence-corrected chi connectivity index (χ3v) is 7.29. The van der Waals surface area contributed by atoms with E-state index in [9.17, 15) is 24.8 Å². The van der Waals surface area contributed by atoms with Crippen LogP contribution in [-0.2, 0) is 22.6 Å². The van der Waals surface area contributed by atoms with Crippen molar-refractivity contribution >= 4 is 29.4 Å². The number of benzene rings is 4. The molecule has 0 saturated heterocycles. The second kappa shape index (κ2) is 13.4. The van der Waals surface area contributed by atoms with Crippen molar-refractivity contribution in [3.8, 4) is 23.0 Å². The zero-order valence-electron chi connectivity index (χ0n) is 25.1. The Morgan fingerprint density at radius 3 is 1.57 bits per heavy atom. The summed E-state index contributed by atoms with van der Waals surface area (Å²) in [7, 11) is 0. The van der Waals surface area contributed by atoms with Gasteiger partial charge in [0.25, 0.3) is 5.91 Å². The largest absolute Gasteiger partial charge is 0.457 e. The summed E-state index contributed by atoms with van der Waals surface area (Å²) in [6.45, 7) is 3.28. The topological polar surface area (TPSA) is 168 Å². The Kier molecular flexibility index (Phi) is 9.21. The minimum absolute atomic E-state index is 0.211. The first kappa shape index (κ1) is 31.6. The maximum atomic E-state index is 13.8. The Hall–Kier alpha value is -5.85. The van der Waals surface area contributed by atoms with Gasteiger partial charge in [0.15, 0.2) is 11.7 Å². The molecule has 1 aliphatic heterocycles. The zero-order chi connectivity index (χ0) is 33.0. The number of hydrogen-bond donors (Lipinski definition) is 4. The van der Waals surface area contributed by atoms with Gasteiger partial charge >= 0.3 is 0 Å². The summed E-state index contributed by atoms with van der Waals surface area (Å²) in [6.07, 6.45) is 0.730. The fourth-order valence-electron chi connectivity index (χ4n) is 4.86. The van der Waals surface area contributed by atoms with Crippen molar-refractivity contribution < 1.29 is 34.3 Å². The molecule has 0 aliphatic carbocycles. The lowest BCUT2D eigenvalue weighted by molar-refractivity contribution is -0.147. The predicted molar refractivity (Wildman–Crippen MR) is 167 cm³/mol. The van der Waals surface area contributed by atoms with E-state index in [0.717, 1.165) is 25.8 Å². The molecular weight excluding hydrogens is 590 g/mol. The first-order chi connectivity index (χ1) is 22.0. The van der Waals surface area contributed by atoms with E-state index in [0.29, 0.717) is 41.7 Å². The van der Waals surface area contributed by atoms with E-state index in [4.69, 9.17) is 20.3 Å². The standard InChI is InChI=1S/C34H31N5O7/c1-21(40)38(43)32(35)24-7-11-28(12-8-24)45-30-17-27(34(42)37-16-15-23-5-3-4-6-26(23)20-37)18-31(19-30)46-29-13-9-25(10-14-29)33(36)39(44)22(2)41/h3-14,17-19,35-36,43-44H,15-16,20H2,1-2H3. The van der Waals surface area contributed by atoms with Gasteiger partial charge in [0, 0.05) is 49.7 Å². The maximum Gasteiger partial charge on any atom is 0.254 e. The number of nitrogens with one attached hydrogen (secondary N) is 2. The van der Waals surface area contributed by atoms with E-state index in [2.05, 4.69) is 6.07 Å². The summed E-state index contributed by atoms with van der Waals surface area (Å²) in [5.74, 6) is -1.06. The molecule has 12 nitrogen and oxygen atoms in total. The van der Waals surface area contributed by atoms with Crippen LogP contribution in [0.3, 0.4) is 0 Å². The van der Waals surface area contributed by atoms with E-state index in [1.54, 1.807) is 47.4 Å². The lowest BCUT2D eigenvalue weighted by Gasteiger charge is -2.29. The number of ether oxygens (including phenoxy) is 2. The van der Waals surface area contributed by atoms with E-state index in [1.165, 1.54) is 29.8 Å². The minimum atomic E-state index is -0.698. The van der Waals surface area contributed by atoms with Crippen molar-refractivity contribution in [2.75, 3.05) is 6.54 Å². The summed E-state index contributed by atoms with van der Waals surface area (Å²) in [6, 6.07) is 25.1. The number of fused-ring (bicyclic) bond motifs is 1. The average molecular weight is 622 g/mol. The van der Waals surface area contributed by atoms with Crippen LogP contribution in [0.2, 0.25) is 0 Å². The van der Waals surface area contributed by atoms with Gasteiger partial charge in [0.1, 0.15) is 23.0 Å². The molecule has 0 fully saturated rings. The van der Waals surface area contributed by atoms with E-state index < -0.39 is 11.8 Å². The number of amidine groups is 2. The van der Waals surface area contributed by atoms with Crippen LogP contribution in [0.5, 0.6) is 23.0 Å². The van der Waals surface area contributed by atoms with E-state index in [-0.39, 0.29) is 38.8 Å². The van der Waals surface area contributed by atoms with Crippen LogP contribution >= 0.6 is 0 Å². The van der Waals surface area contributed by atoms with Crippen molar-refractivity contribution in [3.63, 3.8) is 0 Å². The quantitative estimate of drug-likeness (QED) is 0.0902. The summed E-state index contributed by atoms with van der Waals surface area (Å²) in [5.41, 5.74) is 3.19. The molecule has 4 aromatic carbocycles. The molecule has 12 heteroatoms. The third kappa shape index (κ3) is 7.09. The molecule has 4 N–H and O–H groups in total. The van der Waals surface area contributed by atoms with Crippen LogP contribution in [-0.4, -0.2) is 61.4 Å². The van der Waals surface area contributed by atoms with Crippen LogP contribution in [0.25, 0.3) is 0 Å². The molecule has 1 aliphatic rings. The highest BCUT2D eigenvalue weighted by Crippen LogP contribution is 2.32. The lowest BCUT2D eigenvalue weighted by Crippen LogP contribution is -2.35. The average Bonchev–Trinajstić information content (AvgIpc) is 3.06. The molecular formula is C34H31N5O7. The normalized spacial score (nSPS) is 12.0. The number of carbonyl (C=O) groups is 3. The van der Waals surface area contributed by atoms with Crippen molar-refractivity contribution in [2.45, 2.75) is 26.8 Å². The molecule has 0 radical (unpaired) electrons. The Morgan fingerprint density at radius 1 is 0.652 bits per heavy atom. The number of hydroxylamine groups is 4. The maximum absolute atomic E-state index is 13.8. The van der Waals surface area contributed by atoms with Crippen LogP contribution in [0.1, 0.15) is 46.5 Å². The molecule has 3 amide bonds. The minimum Gasteiger partial charge on any atom is -0.457 e. The molecule has 1 heterocycles. The first-order valence-electron chi connectivity index (χ1n) is 14.2. The van der Waals surface area contributed by atoms with Gasteiger partial charge in [-0.05, 0) is 78.2 Å². The SMILES string of the molecule is CC(=O)N(O)C(=N)c1ccc(Oc2cc(Oc3ccc(C(=N)N(O)C(C)=O)cc3)cc(C(=O)N3CCc4ccccc4C3)c2)cc1. The molecule has 0 spiro atoms. The van der Waals surface area contributed by atoms with Crippen molar-refractivity contribution in [1.82, 2.24) is 15.0 Å². The van der Waals surface area contributed by atoms with Gasteiger partial charge in [-0.15, -0.1) is 0 Å². The molecule has 0 unspecified atom stereocenters. The Morgan fingerprint density at radius 2 is 1.11 bits per heavy atom. The summed E-state index contributed by atoms with van der Waals surface area (Å²) in [5, 5.41) is 36.0. The van der Waals surface area contributed by atoms with Crippen LogP contribution in [0, 0.1) is 10.8 Å². The number of amides is 3. The number of carbonyl (C=O) groups excluding carboxylic acids is 3. The molecule has 4 aromatic rings. The molecule has 234 valence electrons. The highest BCUT2D eigenvalue weighted by Gasteiger charge is 2.23. The fraction of sp³-hybridized carbons (Fsp3) is 0.147. The van der Waals surface area contributed by atoms with Gasteiger partial charge in [-0.1, -0.05) is 24.3 Å². The number of hydrogen-bond acceptors (Lipinski definition) is 9. The summed E-state index contributed by atoms with van der Waals surface area (Å²) in [4.78, 5) is 38.4. The van der Waals surface area contributed by atoms with Gasteiger partial charge < -0.3 is 14.4 Å². The summed E-state index contributed by atoms with van der Waals surface area (Å²) < 4.78 is 12.2. The Bertz CT molecular complexity index is 1730. The molecule has 0 saturated carbocycles. The van der Waals surface area contributed by atoms with E-state index >= 15 is 0 Å². The second-order valence-electron chi connectivity index (χ2n) is 10.6. The van der Waals surface area contributed by atoms with Gasteiger partial charge in [-0.25, -0.2) is 0 Å². The van der Waals surface area contributed by atoms with E-state index in [1.807, 2.05) is 18.2 Å². The van der Waals surface area contributed by atoms with Crippen molar-refractivity contribution in [2.24, 2.45) is 0 Å². The van der Waals surface area contributed by atoms with Crippen LogP contribution < -0.4 is 9.47 Å². The number of rotatable bonds is 7. The highest BCUT2D eigenvalue weighted by atomic mass is 16.5. The predicted octanol–water partition coefficient (Wildman–Crippen LogP) is 5.60.